The number of likely N-dealkylation sites (tertiary alicyclic amines) is 1. The van der Waals surface area contributed by atoms with Crippen molar-refractivity contribution in [3.63, 3.8) is 0 Å². The molecule has 0 saturated carbocycles. The molecule has 31 nitrogen and oxygen atoms in total. The number of aromatic amines is 3. The Balaban J connectivity index is 0.000000468. The summed E-state index contributed by atoms with van der Waals surface area (Å²) in [6.45, 7) is 38.2. The second kappa shape index (κ2) is 35.3. The van der Waals surface area contributed by atoms with Gasteiger partial charge in [-0.1, -0.05) is 0 Å². The molecule has 0 amide bonds. The van der Waals surface area contributed by atoms with Crippen LogP contribution in [0.3, 0.4) is 0 Å². The van der Waals surface area contributed by atoms with E-state index in [1.54, 1.807) is 125 Å². The van der Waals surface area contributed by atoms with Gasteiger partial charge in [-0.15, -0.1) is 0 Å². The smallest absolute Gasteiger partial charge is 1.00 e. The van der Waals surface area contributed by atoms with Crippen molar-refractivity contribution in [1.29, 1.82) is 0 Å². The van der Waals surface area contributed by atoms with E-state index in [0.717, 1.165) is 38.1 Å². The molecule has 0 spiro atoms. The van der Waals surface area contributed by atoms with Crippen molar-refractivity contribution in [2.75, 3.05) is 26.9 Å². The van der Waals surface area contributed by atoms with Crippen molar-refractivity contribution in [3.05, 3.63) is 99.3 Å². The van der Waals surface area contributed by atoms with E-state index in [1.807, 2.05) is 4.98 Å². The van der Waals surface area contributed by atoms with Crippen molar-refractivity contribution >= 4 is 41.6 Å². The summed E-state index contributed by atoms with van der Waals surface area (Å²) in [5.41, 5.74) is -8.38. The standard InChI is InChI=1S/C19H28N2O8.C19H26N2O8.C19H28N2O8.C10H21N.BrH.K/c2*1-18(2,3)15(24)27-9-10-13(29-16(25)19(4,5)6)12(23)14(28-10)21-8-7-11(22)20-17(21)26;1-18(2,3)15(24)27-9-10-12(23)13(29-16(25)19(4,5)6)14(28-10)21-8-7-11(22)20-17(21)26;1-9(2)7-6-8-10(3,4)11(9)5;;/h7-8,10,12-14,23H,9H2,1-6H3,(H,20,22,26);7-8,10,13-14H,9H2,1-6H3,(H,20,22,26);7-8,10,12-14,23H,9H2,1-6H3,(H,20,22,26);6-8H2,1-5H3;1H;/q;;;;;+1/p-1/t10-,12-,13-,14-;10-,13-,14-;10-,12-,13-,14-;;;/m111.../s1. The maximum atomic E-state index is 12.9. The molecule has 11 atom stereocenters. The van der Waals surface area contributed by atoms with E-state index in [1.165, 1.54) is 31.7 Å². The molecule has 4 aliphatic heterocycles. The number of aromatic nitrogens is 6. The number of carbonyl (C=O) groups is 7. The second-order valence-corrected chi connectivity index (χ2v) is 32.0. The van der Waals surface area contributed by atoms with Crippen LogP contribution in [0.25, 0.3) is 0 Å². The van der Waals surface area contributed by atoms with Crippen LogP contribution >= 0.6 is 0 Å². The molecule has 7 heterocycles. The number of aliphatic hydroxyl groups is 2. The Bertz CT molecular complexity index is 3700. The summed E-state index contributed by atoms with van der Waals surface area (Å²) in [6, 6.07) is 3.26. The maximum Gasteiger partial charge on any atom is 1.00 e. The van der Waals surface area contributed by atoms with Crippen LogP contribution in [0.2, 0.25) is 0 Å². The molecule has 7 rings (SSSR count). The normalized spacial score (nSPS) is 24.3. The van der Waals surface area contributed by atoms with Gasteiger partial charge < -0.3 is 69.8 Å². The maximum absolute atomic E-state index is 12.9. The predicted molar refractivity (Wildman–Crippen MR) is 352 cm³/mol. The molecule has 0 aromatic carbocycles. The minimum atomic E-state index is -1.43. The average Bonchev–Trinajstić information content (AvgIpc) is 1.71. The van der Waals surface area contributed by atoms with Gasteiger partial charge in [-0.2, -0.15) is 0 Å². The van der Waals surface area contributed by atoms with Crippen LogP contribution in [0.4, 0.5) is 0 Å². The SMILES string of the molecule is CC(C)(C)C(=O)OC[C@H]1O[C@@H](n2ccc(=O)[nH]c2=O)C(=O)[C@@H]1OC(=O)C(C)(C)C.CC(C)(C)C(=O)OC[C@H]1O[C@@H](n2ccc(=O)[nH]c2=O)[C@H](O)[C@@H]1OC(=O)C(C)(C)C.CC(C)(C)C(=O)OC[C@H]1O[C@@H](n2ccc(=O)[nH]c2=O)[C@H](OC(=O)C(C)(C)C)[C@@H]1O.CN1C(C)(C)CCCC1(C)C.[Br-].[K+]. The molecule has 0 unspecified atom stereocenters. The van der Waals surface area contributed by atoms with Crippen molar-refractivity contribution in [1.82, 2.24) is 33.6 Å². The van der Waals surface area contributed by atoms with Crippen LogP contribution < -0.4 is 102 Å². The number of halogens is 1. The molecule has 0 aliphatic carbocycles. The Morgan fingerprint density at radius 2 is 0.780 bits per heavy atom. The summed E-state index contributed by atoms with van der Waals surface area (Å²) in [5, 5.41) is 21.4. The first kappa shape index (κ1) is 90.5. The molecular weight excluding hydrogens is 1410 g/mol. The predicted octanol–water partition coefficient (Wildman–Crippen LogP) is -2.10. The summed E-state index contributed by atoms with van der Waals surface area (Å²) < 4.78 is 51.8. The van der Waals surface area contributed by atoms with Crippen molar-refractivity contribution < 1.29 is 155 Å². The molecule has 3 aromatic rings. The zero-order valence-corrected chi connectivity index (χ0v) is 66.8. The van der Waals surface area contributed by atoms with Gasteiger partial charge in [-0.05, 0) is 179 Å². The summed E-state index contributed by atoms with van der Waals surface area (Å²) >= 11 is 0. The molecule has 4 fully saturated rings. The van der Waals surface area contributed by atoms with Gasteiger partial charge in [0.25, 0.3) is 16.7 Å². The molecule has 5 N–H and O–H groups in total. The molecule has 558 valence electrons. The van der Waals surface area contributed by atoms with Crippen LogP contribution in [0.15, 0.2) is 65.6 Å². The van der Waals surface area contributed by atoms with E-state index in [0.29, 0.717) is 11.1 Å². The third-order valence-electron chi connectivity index (χ3n) is 16.1. The molecule has 3 aromatic heterocycles. The van der Waals surface area contributed by atoms with Crippen LogP contribution in [-0.4, -0.2) is 172 Å². The fourth-order valence-electron chi connectivity index (χ4n) is 9.52. The van der Waals surface area contributed by atoms with Gasteiger partial charge in [0.15, 0.2) is 30.8 Å². The van der Waals surface area contributed by atoms with Crippen LogP contribution in [0.1, 0.15) is 190 Å². The zero-order valence-electron chi connectivity index (χ0n) is 62.1. The Morgan fingerprint density at radius 1 is 0.460 bits per heavy atom. The molecule has 100 heavy (non-hydrogen) atoms. The zero-order chi connectivity index (χ0) is 75.1. The van der Waals surface area contributed by atoms with E-state index < -0.39 is 175 Å². The van der Waals surface area contributed by atoms with Gasteiger partial charge in [0, 0.05) is 47.9 Å². The molecule has 33 heteroatoms. The molecule has 0 radical (unpaired) electrons. The quantitative estimate of drug-likeness (QED) is 0.0737. The first-order valence-corrected chi connectivity index (χ1v) is 32.2. The number of carbonyl (C=O) groups excluding carboxylic acids is 7. The average molecular weight is 1510 g/mol. The van der Waals surface area contributed by atoms with Crippen LogP contribution in [-0.2, 0) is 76.2 Å². The Labute approximate surface area is 633 Å². The van der Waals surface area contributed by atoms with Gasteiger partial charge in [-0.3, -0.25) is 81.5 Å². The number of aliphatic hydroxyl groups excluding tert-OH is 2. The summed E-state index contributed by atoms with van der Waals surface area (Å²) in [6.07, 6.45) is -6.12. The van der Waals surface area contributed by atoms with Crippen LogP contribution in [0.5, 0.6) is 0 Å². The minimum Gasteiger partial charge on any atom is -1.00 e. The monoisotopic (exact) mass is 1510 g/mol. The first-order chi connectivity index (χ1) is 44.5. The van der Waals surface area contributed by atoms with Gasteiger partial charge in [0.1, 0.15) is 50.3 Å². The number of hydrogen-bond acceptors (Lipinski definition) is 25. The molecule has 4 aliphatic rings. The van der Waals surface area contributed by atoms with Gasteiger partial charge in [-0.25, -0.2) is 14.4 Å². The topological polar surface area (TPSA) is 411 Å². The third-order valence-corrected chi connectivity index (χ3v) is 16.1. The number of rotatable bonds is 12. The van der Waals surface area contributed by atoms with Crippen molar-refractivity contribution in [2.45, 2.75) is 250 Å². The summed E-state index contributed by atoms with van der Waals surface area (Å²) in [7, 11) is 2.25. The molecule has 0 bridgehead atoms. The number of nitrogens with one attached hydrogen (secondary N) is 3. The van der Waals surface area contributed by atoms with E-state index >= 15 is 0 Å². The van der Waals surface area contributed by atoms with E-state index in [9.17, 15) is 72.5 Å². The second-order valence-electron chi connectivity index (χ2n) is 32.0. The van der Waals surface area contributed by atoms with Gasteiger partial charge in [0.2, 0.25) is 12.0 Å². The molecular formula is C67H103BrKN7O24. The largest absolute Gasteiger partial charge is 1.00 e. The first-order valence-electron chi connectivity index (χ1n) is 32.2. The number of piperidine rings is 1. The summed E-state index contributed by atoms with van der Waals surface area (Å²) in [4.78, 5) is 165. The van der Waals surface area contributed by atoms with Gasteiger partial charge in [0.05, 0.1) is 32.5 Å². The van der Waals surface area contributed by atoms with E-state index in [-0.39, 0.29) is 88.2 Å². The van der Waals surface area contributed by atoms with Crippen LogP contribution in [0, 0.1) is 32.5 Å². The summed E-state index contributed by atoms with van der Waals surface area (Å²) in [5.74, 6) is -4.08. The fourth-order valence-corrected chi connectivity index (χ4v) is 9.52. The third kappa shape index (κ3) is 24.8. The fraction of sp³-hybridized carbons (Fsp3) is 0.716. The van der Waals surface area contributed by atoms with E-state index in [2.05, 4.69) is 49.6 Å². The number of nitrogens with zero attached hydrogens (tertiary/aromatic N) is 4. The number of hydrogen-bond donors (Lipinski definition) is 5. The number of ether oxygens (including phenoxy) is 9. The van der Waals surface area contributed by atoms with E-state index in [4.69, 9.17) is 42.6 Å². The Morgan fingerprint density at radius 3 is 1.14 bits per heavy atom. The van der Waals surface area contributed by atoms with Crippen molar-refractivity contribution in [3.8, 4) is 0 Å². The minimum absolute atomic E-state index is 0. The van der Waals surface area contributed by atoms with Gasteiger partial charge >= 0.3 is 104 Å². The Kier molecular flexibility index (Phi) is 31.9. The number of ketones is 1. The van der Waals surface area contributed by atoms with Crippen molar-refractivity contribution in [2.24, 2.45) is 32.5 Å². The number of esters is 6. The number of H-pyrrole nitrogens is 3. The Hall–Kier alpha value is -5.59. The molecule has 4 saturated heterocycles. The number of Topliss-reactive ketones (excluding diaryl/α,β-unsaturated/α-hetero) is 1.